The molecule has 2 N–H and O–H groups in total. The van der Waals surface area contributed by atoms with E-state index in [-0.39, 0.29) is 18.1 Å². The van der Waals surface area contributed by atoms with E-state index in [2.05, 4.69) is 10.6 Å². The smallest absolute Gasteiger partial charge is 0.407 e. The summed E-state index contributed by atoms with van der Waals surface area (Å²) in [6.45, 7) is 7.31. The van der Waals surface area contributed by atoms with Crippen LogP contribution in [0.25, 0.3) is 0 Å². The highest BCUT2D eigenvalue weighted by molar-refractivity contribution is 5.68. The first-order valence-corrected chi connectivity index (χ1v) is 7.84. The van der Waals surface area contributed by atoms with Crippen LogP contribution < -0.4 is 10.6 Å². The molecule has 6 heteroatoms. The maximum atomic E-state index is 13.2. The van der Waals surface area contributed by atoms with Gasteiger partial charge in [-0.05, 0) is 58.2 Å². The molecular formula is C17H24F2N2O2. The van der Waals surface area contributed by atoms with Crippen molar-refractivity contribution in [1.29, 1.82) is 0 Å². The molecule has 0 aliphatic heterocycles. The highest BCUT2D eigenvalue weighted by Crippen LogP contribution is 2.25. The highest BCUT2D eigenvalue weighted by Gasteiger charge is 2.32. The van der Waals surface area contributed by atoms with Crippen molar-refractivity contribution in [3.8, 4) is 0 Å². The number of rotatable bonds is 4. The summed E-state index contributed by atoms with van der Waals surface area (Å²) in [5.74, 6) is -1.15. The molecule has 1 amide bonds. The van der Waals surface area contributed by atoms with Crippen LogP contribution in [-0.4, -0.2) is 23.8 Å². The summed E-state index contributed by atoms with van der Waals surface area (Å²) in [6, 6.07) is 3.63. The Hall–Kier alpha value is -1.69. The van der Waals surface area contributed by atoms with Gasteiger partial charge in [-0.1, -0.05) is 0 Å². The molecule has 0 heterocycles. The Bertz CT molecular complexity index is 546. The maximum Gasteiger partial charge on any atom is 0.407 e. The van der Waals surface area contributed by atoms with Crippen molar-refractivity contribution in [2.24, 2.45) is 0 Å². The lowest BCUT2D eigenvalue weighted by Crippen LogP contribution is -2.53. The maximum absolute atomic E-state index is 13.2. The van der Waals surface area contributed by atoms with Gasteiger partial charge >= 0.3 is 6.09 Å². The molecule has 1 aromatic carbocycles. The SMILES string of the molecule is CC(NC1CC(NC(=O)OC(C)(C)C)C1)c1cc(F)cc(F)c1. The number of benzene rings is 1. The summed E-state index contributed by atoms with van der Waals surface area (Å²) < 4.78 is 31.7. The molecule has 1 fully saturated rings. The van der Waals surface area contributed by atoms with Crippen LogP contribution in [0.2, 0.25) is 0 Å². The molecule has 1 aliphatic rings. The number of hydrogen-bond acceptors (Lipinski definition) is 3. The second kappa shape index (κ2) is 6.83. The van der Waals surface area contributed by atoms with Crippen LogP contribution in [0, 0.1) is 11.6 Å². The molecule has 0 spiro atoms. The summed E-state index contributed by atoms with van der Waals surface area (Å²) in [5.41, 5.74) is 0.0626. The van der Waals surface area contributed by atoms with Crippen molar-refractivity contribution in [2.45, 2.75) is 64.3 Å². The lowest BCUT2D eigenvalue weighted by Gasteiger charge is -2.38. The number of hydrogen-bond donors (Lipinski definition) is 2. The van der Waals surface area contributed by atoms with Crippen LogP contribution in [0.3, 0.4) is 0 Å². The minimum Gasteiger partial charge on any atom is -0.444 e. The third-order valence-electron chi connectivity index (χ3n) is 3.73. The van der Waals surface area contributed by atoms with Gasteiger partial charge in [0.25, 0.3) is 0 Å². The Morgan fingerprint density at radius 2 is 1.74 bits per heavy atom. The van der Waals surface area contributed by atoms with Crippen molar-refractivity contribution in [3.63, 3.8) is 0 Å². The minimum absolute atomic E-state index is 0.0683. The number of alkyl carbamates (subject to hydrolysis) is 1. The molecule has 0 bridgehead atoms. The van der Waals surface area contributed by atoms with Crippen molar-refractivity contribution < 1.29 is 18.3 Å². The van der Waals surface area contributed by atoms with Crippen LogP contribution >= 0.6 is 0 Å². The number of ether oxygens (including phenoxy) is 1. The molecule has 1 aromatic rings. The van der Waals surface area contributed by atoms with E-state index in [9.17, 15) is 13.6 Å². The monoisotopic (exact) mass is 326 g/mol. The number of carbonyl (C=O) groups excluding carboxylic acids is 1. The third kappa shape index (κ3) is 5.46. The number of amides is 1. The van der Waals surface area contributed by atoms with Gasteiger partial charge in [-0.2, -0.15) is 0 Å². The van der Waals surface area contributed by atoms with Crippen LogP contribution in [0.15, 0.2) is 18.2 Å². The van der Waals surface area contributed by atoms with Gasteiger partial charge in [-0.25, -0.2) is 13.6 Å². The van der Waals surface area contributed by atoms with E-state index in [1.54, 1.807) is 0 Å². The Labute approximate surface area is 135 Å². The van der Waals surface area contributed by atoms with E-state index < -0.39 is 23.3 Å². The lowest BCUT2D eigenvalue weighted by atomic mass is 9.86. The van der Waals surface area contributed by atoms with Crippen molar-refractivity contribution in [1.82, 2.24) is 10.6 Å². The van der Waals surface area contributed by atoms with E-state index in [0.29, 0.717) is 5.56 Å². The second-order valence-corrected chi connectivity index (χ2v) is 7.10. The lowest BCUT2D eigenvalue weighted by molar-refractivity contribution is 0.0463. The van der Waals surface area contributed by atoms with Gasteiger partial charge in [-0.3, -0.25) is 0 Å². The minimum atomic E-state index is -0.577. The summed E-state index contributed by atoms with van der Waals surface area (Å²) in [4.78, 5) is 11.7. The number of halogens is 2. The summed E-state index contributed by atoms with van der Waals surface area (Å²) in [7, 11) is 0. The van der Waals surface area contributed by atoms with E-state index >= 15 is 0 Å². The zero-order chi connectivity index (χ0) is 17.2. The molecule has 1 saturated carbocycles. The molecule has 0 aromatic heterocycles. The van der Waals surface area contributed by atoms with Gasteiger partial charge in [0, 0.05) is 24.2 Å². The first-order valence-electron chi connectivity index (χ1n) is 7.84. The summed E-state index contributed by atoms with van der Waals surface area (Å²) in [5, 5.41) is 6.13. The van der Waals surface area contributed by atoms with Crippen molar-refractivity contribution in [2.75, 3.05) is 0 Å². The highest BCUT2D eigenvalue weighted by atomic mass is 19.1. The van der Waals surface area contributed by atoms with Gasteiger partial charge in [0.1, 0.15) is 17.2 Å². The van der Waals surface area contributed by atoms with Gasteiger partial charge in [0.2, 0.25) is 0 Å². The van der Waals surface area contributed by atoms with Crippen LogP contribution in [0.4, 0.5) is 13.6 Å². The fourth-order valence-corrected chi connectivity index (χ4v) is 2.62. The zero-order valence-corrected chi connectivity index (χ0v) is 14.0. The molecule has 0 radical (unpaired) electrons. The van der Waals surface area contributed by atoms with E-state index in [1.807, 2.05) is 27.7 Å². The Kier molecular flexibility index (Phi) is 5.24. The van der Waals surface area contributed by atoms with Crippen LogP contribution in [0.5, 0.6) is 0 Å². The first-order chi connectivity index (χ1) is 10.6. The number of nitrogens with one attached hydrogen (secondary N) is 2. The molecule has 2 rings (SSSR count). The standard InChI is InChI=1S/C17H24F2N2O2/c1-10(11-5-12(18)7-13(19)6-11)20-14-8-15(9-14)21-16(22)23-17(2,3)4/h5-7,10,14-15,20H,8-9H2,1-4H3,(H,21,22). The predicted molar refractivity (Wildman–Crippen MR) is 84.1 cm³/mol. The molecular weight excluding hydrogens is 302 g/mol. The molecule has 23 heavy (non-hydrogen) atoms. The average molecular weight is 326 g/mol. The van der Waals surface area contributed by atoms with Crippen molar-refractivity contribution in [3.05, 3.63) is 35.4 Å². The van der Waals surface area contributed by atoms with E-state index in [0.717, 1.165) is 18.9 Å². The first kappa shape index (κ1) is 17.7. The topological polar surface area (TPSA) is 50.4 Å². The molecule has 1 unspecified atom stereocenters. The molecule has 1 atom stereocenters. The quantitative estimate of drug-likeness (QED) is 0.887. The van der Waals surface area contributed by atoms with Crippen LogP contribution in [-0.2, 0) is 4.74 Å². The largest absolute Gasteiger partial charge is 0.444 e. The zero-order valence-electron chi connectivity index (χ0n) is 14.0. The average Bonchev–Trinajstić information content (AvgIpc) is 2.32. The van der Waals surface area contributed by atoms with E-state index in [4.69, 9.17) is 4.74 Å². The Morgan fingerprint density at radius 1 is 1.17 bits per heavy atom. The van der Waals surface area contributed by atoms with Crippen molar-refractivity contribution >= 4 is 6.09 Å². The van der Waals surface area contributed by atoms with Crippen LogP contribution in [0.1, 0.15) is 52.1 Å². The molecule has 0 saturated heterocycles. The fourth-order valence-electron chi connectivity index (χ4n) is 2.62. The van der Waals surface area contributed by atoms with Gasteiger partial charge in [0.15, 0.2) is 0 Å². The Morgan fingerprint density at radius 3 is 2.26 bits per heavy atom. The number of carbonyl (C=O) groups is 1. The summed E-state index contributed by atoms with van der Waals surface area (Å²) in [6.07, 6.45) is 1.11. The Balaban J connectivity index is 1.76. The van der Waals surface area contributed by atoms with E-state index in [1.165, 1.54) is 12.1 Å². The van der Waals surface area contributed by atoms with Gasteiger partial charge in [0.05, 0.1) is 0 Å². The third-order valence-corrected chi connectivity index (χ3v) is 3.73. The van der Waals surface area contributed by atoms with Gasteiger partial charge < -0.3 is 15.4 Å². The molecule has 128 valence electrons. The molecule has 1 aliphatic carbocycles. The van der Waals surface area contributed by atoms with Gasteiger partial charge in [-0.15, -0.1) is 0 Å². The second-order valence-electron chi connectivity index (χ2n) is 7.10. The predicted octanol–water partition coefficient (Wildman–Crippen LogP) is 3.67. The molecule has 4 nitrogen and oxygen atoms in total. The summed E-state index contributed by atoms with van der Waals surface area (Å²) >= 11 is 0. The normalized spacial score (nSPS) is 22.2. The fraction of sp³-hybridized carbons (Fsp3) is 0.588.